The average molecular weight is 358 g/mol. The summed E-state index contributed by atoms with van der Waals surface area (Å²) in [6.45, 7) is 1.56. The largest absolute Gasteiger partial charge is 0.489 e. The first-order chi connectivity index (χ1) is 12.6. The third-order valence-electron chi connectivity index (χ3n) is 4.01. The van der Waals surface area contributed by atoms with Gasteiger partial charge in [-0.2, -0.15) is 0 Å². The molecule has 0 heterocycles. The van der Waals surface area contributed by atoms with Crippen LogP contribution < -0.4 is 0 Å². The smallest absolute Gasteiger partial charge is 0.228 e. The Morgan fingerprint density at radius 2 is 1.35 bits per heavy atom. The summed E-state index contributed by atoms with van der Waals surface area (Å²) < 4.78 is 10.1. The molecule has 0 spiro atoms. The van der Waals surface area contributed by atoms with Crippen molar-refractivity contribution < 1.29 is 24.2 Å². The van der Waals surface area contributed by atoms with E-state index in [-0.39, 0.29) is 29.7 Å². The Kier molecular flexibility index (Phi) is 9.90. The van der Waals surface area contributed by atoms with Gasteiger partial charge in [0.15, 0.2) is 0 Å². The monoisotopic (exact) mass is 358 g/mol. The topological polar surface area (TPSA) is 72.8 Å². The molecular formula is C21H26O5. The Bertz CT molecular complexity index is 704. The molecule has 0 atom stereocenters. The van der Waals surface area contributed by atoms with Gasteiger partial charge in [-0.05, 0) is 32.6 Å². The standard InChI is InChI=1S/C21H26O5/c1-16-17(19(24)21(26-3)20(25-2)18(16)23)14-12-10-8-6-4-5-7-9-11-13-15-22/h22H,5,7-10,12,14-15H2,1-3H3. The molecular weight excluding hydrogens is 332 g/mol. The van der Waals surface area contributed by atoms with Gasteiger partial charge >= 0.3 is 0 Å². The number of aliphatic hydroxyl groups is 1. The molecule has 26 heavy (non-hydrogen) atoms. The van der Waals surface area contributed by atoms with Crippen LogP contribution in [0.15, 0.2) is 22.7 Å². The lowest BCUT2D eigenvalue weighted by atomic mass is 9.89. The Morgan fingerprint density at radius 3 is 1.92 bits per heavy atom. The minimum absolute atomic E-state index is 0.0119. The molecule has 140 valence electrons. The fourth-order valence-corrected chi connectivity index (χ4v) is 2.59. The van der Waals surface area contributed by atoms with Crippen molar-refractivity contribution in [3.05, 3.63) is 22.7 Å². The lowest BCUT2D eigenvalue weighted by Gasteiger charge is -2.20. The summed E-state index contributed by atoms with van der Waals surface area (Å²) in [5.74, 6) is 11.1. The van der Waals surface area contributed by atoms with E-state index in [9.17, 15) is 9.59 Å². The second-order valence-corrected chi connectivity index (χ2v) is 5.75. The van der Waals surface area contributed by atoms with Gasteiger partial charge < -0.3 is 14.6 Å². The van der Waals surface area contributed by atoms with Crippen LogP contribution in [0.25, 0.3) is 0 Å². The zero-order valence-corrected chi connectivity index (χ0v) is 15.7. The summed E-state index contributed by atoms with van der Waals surface area (Å²) in [4.78, 5) is 24.7. The van der Waals surface area contributed by atoms with Crippen molar-refractivity contribution >= 4 is 11.6 Å². The summed E-state index contributed by atoms with van der Waals surface area (Å²) in [7, 11) is 2.72. The lowest BCUT2D eigenvalue weighted by molar-refractivity contribution is -0.121. The van der Waals surface area contributed by atoms with E-state index in [2.05, 4.69) is 23.7 Å². The number of ketones is 2. The minimum atomic E-state index is -0.289. The average Bonchev–Trinajstić information content (AvgIpc) is 2.64. The van der Waals surface area contributed by atoms with E-state index >= 15 is 0 Å². The van der Waals surface area contributed by atoms with Crippen LogP contribution in [0, 0.1) is 23.7 Å². The van der Waals surface area contributed by atoms with E-state index in [0.29, 0.717) is 17.6 Å². The highest BCUT2D eigenvalue weighted by atomic mass is 16.5. The fourth-order valence-electron chi connectivity index (χ4n) is 2.59. The minimum Gasteiger partial charge on any atom is -0.489 e. The molecule has 0 amide bonds. The molecule has 0 aromatic rings. The Hall–Kier alpha value is -2.50. The number of aliphatic hydroxyl groups excluding tert-OH is 1. The summed E-state index contributed by atoms with van der Waals surface area (Å²) in [6.07, 6.45) is 5.36. The molecule has 0 fully saturated rings. The molecule has 0 aliphatic heterocycles. The molecule has 0 bridgehead atoms. The van der Waals surface area contributed by atoms with Crippen LogP contribution in [-0.4, -0.2) is 37.5 Å². The zero-order chi connectivity index (χ0) is 19.4. The van der Waals surface area contributed by atoms with Gasteiger partial charge in [0, 0.05) is 30.4 Å². The first-order valence-electron chi connectivity index (χ1n) is 8.72. The van der Waals surface area contributed by atoms with Crippen molar-refractivity contribution in [1.29, 1.82) is 0 Å². The molecule has 0 radical (unpaired) electrons. The normalized spacial score (nSPS) is 13.8. The highest BCUT2D eigenvalue weighted by Crippen LogP contribution is 2.28. The molecule has 0 aromatic heterocycles. The van der Waals surface area contributed by atoms with Crippen molar-refractivity contribution in [3.8, 4) is 23.7 Å². The predicted molar refractivity (Wildman–Crippen MR) is 98.7 cm³/mol. The maximum Gasteiger partial charge on any atom is 0.228 e. The van der Waals surface area contributed by atoms with Gasteiger partial charge in [-0.25, -0.2) is 0 Å². The van der Waals surface area contributed by atoms with E-state index in [1.165, 1.54) is 14.2 Å². The highest BCUT2D eigenvalue weighted by molar-refractivity contribution is 6.23. The maximum atomic E-state index is 12.5. The summed E-state index contributed by atoms with van der Waals surface area (Å²) in [6, 6.07) is 0. The van der Waals surface area contributed by atoms with Crippen molar-refractivity contribution in [2.75, 3.05) is 20.8 Å². The molecule has 0 unspecified atom stereocenters. The number of allylic oxidation sites excluding steroid dienone is 2. The van der Waals surface area contributed by atoms with Crippen molar-refractivity contribution in [2.45, 2.75) is 51.9 Å². The fraction of sp³-hybridized carbons (Fsp3) is 0.524. The van der Waals surface area contributed by atoms with Crippen molar-refractivity contribution in [2.24, 2.45) is 0 Å². The van der Waals surface area contributed by atoms with Gasteiger partial charge in [0.2, 0.25) is 23.1 Å². The predicted octanol–water partition coefficient (Wildman–Crippen LogP) is 2.69. The highest BCUT2D eigenvalue weighted by Gasteiger charge is 2.34. The van der Waals surface area contributed by atoms with Crippen LogP contribution in [0.2, 0.25) is 0 Å². The Balaban J connectivity index is 2.43. The first kappa shape index (κ1) is 21.5. The third kappa shape index (κ3) is 6.10. The maximum absolute atomic E-state index is 12.5. The molecule has 1 N–H and O–H groups in total. The number of ether oxygens (including phenoxy) is 2. The van der Waals surface area contributed by atoms with E-state index < -0.39 is 0 Å². The molecule has 0 aromatic carbocycles. The molecule has 1 aliphatic rings. The van der Waals surface area contributed by atoms with Crippen LogP contribution >= 0.6 is 0 Å². The molecule has 5 nitrogen and oxygen atoms in total. The zero-order valence-electron chi connectivity index (χ0n) is 15.7. The number of hydrogen-bond acceptors (Lipinski definition) is 5. The van der Waals surface area contributed by atoms with Crippen molar-refractivity contribution in [3.63, 3.8) is 0 Å². The lowest BCUT2D eigenvalue weighted by Crippen LogP contribution is -2.25. The van der Waals surface area contributed by atoms with Crippen LogP contribution in [0.1, 0.15) is 51.9 Å². The van der Waals surface area contributed by atoms with E-state index in [1.54, 1.807) is 6.92 Å². The third-order valence-corrected chi connectivity index (χ3v) is 4.01. The van der Waals surface area contributed by atoms with Gasteiger partial charge in [0.1, 0.15) is 6.61 Å². The quantitative estimate of drug-likeness (QED) is 0.410. The molecule has 5 heteroatoms. The van der Waals surface area contributed by atoms with Crippen LogP contribution in [-0.2, 0) is 19.1 Å². The number of rotatable bonds is 8. The van der Waals surface area contributed by atoms with E-state index in [4.69, 9.17) is 14.6 Å². The van der Waals surface area contributed by atoms with Crippen LogP contribution in [0.4, 0.5) is 0 Å². The van der Waals surface area contributed by atoms with Gasteiger partial charge in [0.25, 0.3) is 0 Å². The molecule has 0 saturated carbocycles. The van der Waals surface area contributed by atoms with Gasteiger partial charge in [-0.1, -0.05) is 5.92 Å². The number of unbranched alkanes of at least 4 members (excludes halogenated alkanes) is 4. The number of Topliss-reactive ketones (excluding diaryl/α,β-unsaturated/α-hetero) is 2. The number of carbonyl (C=O) groups is 2. The van der Waals surface area contributed by atoms with Gasteiger partial charge in [0.05, 0.1) is 14.2 Å². The second-order valence-electron chi connectivity index (χ2n) is 5.75. The van der Waals surface area contributed by atoms with Crippen LogP contribution in [0.5, 0.6) is 0 Å². The van der Waals surface area contributed by atoms with Crippen LogP contribution in [0.3, 0.4) is 0 Å². The number of carbonyl (C=O) groups excluding carboxylic acids is 2. The summed E-state index contributed by atoms with van der Waals surface area (Å²) in [5, 5.41) is 8.52. The molecule has 1 aliphatic carbocycles. The molecule has 1 rings (SSSR count). The number of methoxy groups -OCH3 is 2. The van der Waals surface area contributed by atoms with E-state index in [1.807, 2.05) is 0 Å². The molecule has 0 saturated heterocycles. The Labute approximate surface area is 155 Å². The van der Waals surface area contributed by atoms with Gasteiger partial charge in [-0.3, -0.25) is 9.59 Å². The van der Waals surface area contributed by atoms with E-state index in [0.717, 1.165) is 38.5 Å². The second kappa shape index (κ2) is 12.0. The van der Waals surface area contributed by atoms with Gasteiger partial charge in [-0.15, -0.1) is 17.8 Å². The number of hydrogen-bond donors (Lipinski definition) is 1. The Morgan fingerprint density at radius 1 is 0.808 bits per heavy atom. The SMILES string of the molecule is COC1=C(OC)C(=O)C(CCCCC#CCCCC#CCO)=C(C)C1=O. The summed E-state index contributed by atoms with van der Waals surface area (Å²) >= 11 is 0. The summed E-state index contributed by atoms with van der Waals surface area (Å²) in [5.41, 5.74) is 0.936. The first-order valence-corrected chi connectivity index (χ1v) is 8.72. The van der Waals surface area contributed by atoms with Crippen molar-refractivity contribution in [1.82, 2.24) is 0 Å².